The summed E-state index contributed by atoms with van der Waals surface area (Å²) in [4.78, 5) is 22.3. The third kappa shape index (κ3) is 1.80. The summed E-state index contributed by atoms with van der Waals surface area (Å²) in [6.45, 7) is 4.20. The minimum atomic E-state index is -0.321. The first-order chi connectivity index (χ1) is 6.49. The number of nitrogens with one attached hydrogen (secondary N) is 2. The third-order valence-corrected chi connectivity index (χ3v) is 3.11. The third-order valence-electron chi connectivity index (χ3n) is 3.11. The molecule has 14 heavy (non-hydrogen) atoms. The molecule has 2 rings (SSSR count). The lowest BCUT2D eigenvalue weighted by Crippen LogP contribution is -2.50. The first kappa shape index (κ1) is 9.65. The Morgan fingerprint density at radius 1 is 1.36 bits per heavy atom. The van der Waals surface area contributed by atoms with E-state index in [9.17, 15) is 9.59 Å². The van der Waals surface area contributed by atoms with Crippen LogP contribution in [0.1, 0.15) is 33.1 Å². The van der Waals surface area contributed by atoms with Gasteiger partial charge in [0.1, 0.15) is 0 Å². The van der Waals surface area contributed by atoms with Gasteiger partial charge in [-0.15, -0.1) is 0 Å². The molecule has 0 aromatic heterocycles. The molecule has 0 bridgehead atoms. The predicted octanol–water partition coefficient (Wildman–Crippen LogP) is 0.180. The van der Waals surface area contributed by atoms with Crippen molar-refractivity contribution < 1.29 is 9.59 Å². The Balaban J connectivity index is 1.96. The molecule has 0 aromatic rings. The highest BCUT2D eigenvalue weighted by molar-refractivity contribution is 6.05. The van der Waals surface area contributed by atoms with E-state index in [2.05, 4.69) is 24.5 Å². The lowest BCUT2D eigenvalue weighted by molar-refractivity contribution is -0.125. The average Bonchev–Trinajstić information content (AvgIpc) is 2.80. The summed E-state index contributed by atoms with van der Waals surface area (Å²) in [6.07, 6.45) is 2.74. The number of hydrogen-bond donors (Lipinski definition) is 2. The summed E-state index contributed by atoms with van der Waals surface area (Å²) in [5.41, 5.74) is -0.0212. The van der Waals surface area contributed by atoms with E-state index in [0.717, 1.165) is 0 Å². The Morgan fingerprint density at radius 2 is 2.00 bits per heavy atom. The van der Waals surface area contributed by atoms with Gasteiger partial charge in [-0.1, -0.05) is 0 Å². The number of hydrogen-bond acceptors (Lipinski definition) is 3. The average molecular weight is 196 g/mol. The number of rotatable bonds is 3. The summed E-state index contributed by atoms with van der Waals surface area (Å²) in [7, 11) is 0. The Bertz CT molecular complexity index is 282. The zero-order valence-electron chi connectivity index (χ0n) is 8.59. The number of amides is 2. The monoisotopic (exact) mass is 196 g/mol. The molecule has 1 heterocycles. The molecule has 2 amide bonds. The molecule has 1 unspecified atom stereocenters. The quantitative estimate of drug-likeness (QED) is 0.633. The minimum absolute atomic E-state index is 0.0212. The van der Waals surface area contributed by atoms with E-state index in [1.54, 1.807) is 0 Å². The SMILES string of the molecule is CC(C)(NC1CC(=O)NC1=O)C1CC1. The molecule has 1 aliphatic carbocycles. The summed E-state index contributed by atoms with van der Waals surface area (Å²) in [5.74, 6) is 0.314. The molecule has 4 heteroatoms. The van der Waals surface area contributed by atoms with E-state index in [0.29, 0.717) is 5.92 Å². The summed E-state index contributed by atoms with van der Waals surface area (Å²) in [6, 6.07) is -0.321. The smallest absolute Gasteiger partial charge is 0.244 e. The van der Waals surface area contributed by atoms with Gasteiger partial charge in [-0.3, -0.25) is 14.9 Å². The van der Waals surface area contributed by atoms with Crippen molar-refractivity contribution in [3.63, 3.8) is 0 Å². The molecule has 78 valence electrons. The molecule has 1 atom stereocenters. The number of carbonyl (C=O) groups excluding carboxylic acids is 2. The molecule has 2 fully saturated rings. The minimum Gasteiger partial charge on any atom is -0.300 e. The van der Waals surface area contributed by atoms with Crippen LogP contribution in [0.3, 0.4) is 0 Å². The van der Waals surface area contributed by atoms with Crippen molar-refractivity contribution in [3.8, 4) is 0 Å². The van der Waals surface area contributed by atoms with E-state index in [4.69, 9.17) is 0 Å². The number of carbonyl (C=O) groups is 2. The Kier molecular flexibility index (Phi) is 2.10. The highest BCUT2D eigenvalue weighted by Gasteiger charge is 2.42. The van der Waals surface area contributed by atoms with Gasteiger partial charge in [0.15, 0.2) is 0 Å². The van der Waals surface area contributed by atoms with E-state index in [1.807, 2.05) is 0 Å². The van der Waals surface area contributed by atoms with E-state index >= 15 is 0 Å². The summed E-state index contributed by atoms with van der Waals surface area (Å²) >= 11 is 0. The zero-order chi connectivity index (χ0) is 10.3. The van der Waals surface area contributed by atoms with Crippen LogP contribution in [0.4, 0.5) is 0 Å². The van der Waals surface area contributed by atoms with E-state index in [-0.39, 0.29) is 29.8 Å². The van der Waals surface area contributed by atoms with Gasteiger partial charge in [-0.05, 0) is 32.6 Å². The van der Waals surface area contributed by atoms with Crippen molar-refractivity contribution in [1.29, 1.82) is 0 Å². The normalized spacial score (nSPS) is 28.0. The van der Waals surface area contributed by atoms with Crippen molar-refractivity contribution in [1.82, 2.24) is 10.6 Å². The molecule has 0 aromatic carbocycles. The van der Waals surface area contributed by atoms with Crippen LogP contribution >= 0.6 is 0 Å². The van der Waals surface area contributed by atoms with Gasteiger partial charge in [0.2, 0.25) is 11.8 Å². The van der Waals surface area contributed by atoms with Crippen molar-refractivity contribution >= 4 is 11.8 Å². The van der Waals surface area contributed by atoms with E-state index in [1.165, 1.54) is 12.8 Å². The fraction of sp³-hybridized carbons (Fsp3) is 0.800. The molecule has 2 aliphatic rings. The van der Waals surface area contributed by atoms with Crippen molar-refractivity contribution in [3.05, 3.63) is 0 Å². The number of imide groups is 1. The van der Waals surface area contributed by atoms with E-state index < -0.39 is 0 Å². The maximum Gasteiger partial charge on any atom is 0.244 e. The van der Waals surface area contributed by atoms with Gasteiger partial charge in [0.05, 0.1) is 12.5 Å². The van der Waals surface area contributed by atoms with Crippen LogP contribution in [0.15, 0.2) is 0 Å². The Morgan fingerprint density at radius 3 is 2.43 bits per heavy atom. The van der Waals surface area contributed by atoms with Gasteiger partial charge in [0.25, 0.3) is 0 Å². The lowest BCUT2D eigenvalue weighted by Gasteiger charge is -2.28. The molecule has 2 N–H and O–H groups in total. The highest BCUT2D eigenvalue weighted by Crippen LogP contribution is 2.39. The maximum absolute atomic E-state index is 11.3. The molecular formula is C10H16N2O2. The second kappa shape index (κ2) is 3.05. The van der Waals surface area contributed by atoms with Gasteiger partial charge >= 0.3 is 0 Å². The van der Waals surface area contributed by atoms with Crippen LogP contribution in [0.25, 0.3) is 0 Å². The molecule has 4 nitrogen and oxygen atoms in total. The standard InChI is InChI=1S/C10H16N2O2/c1-10(2,6-3-4-6)12-7-5-8(13)11-9(7)14/h6-7,12H,3-5H2,1-2H3,(H,11,13,14). The van der Waals surface area contributed by atoms with Crippen LogP contribution in [0.5, 0.6) is 0 Å². The van der Waals surface area contributed by atoms with Crippen LogP contribution in [0.2, 0.25) is 0 Å². The molecule has 0 spiro atoms. The largest absolute Gasteiger partial charge is 0.300 e. The highest BCUT2D eigenvalue weighted by atomic mass is 16.2. The topological polar surface area (TPSA) is 58.2 Å². The zero-order valence-corrected chi connectivity index (χ0v) is 8.59. The molecule has 1 saturated heterocycles. The van der Waals surface area contributed by atoms with Gasteiger partial charge in [-0.25, -0.2) is 0 Å². The fourth-order valence-electron chi connectivity index (χ4n) is 2.04. The second-order valence-electron chi connectivity index (χ2n) is 4.81. The van der Waals surface area contributed by atoms with Gasteiger partial charge < -0.3 is 5.32 Å². The molecular weight excluding hydrogens is 180 g/mol. The van der Waals surface area contributed by atoms with Gasteiger partial charge in [0, 0.05) is 5.54 Å². The van der Waals surface area contributed by atoms with Crippen molar-refractivity contribution in [2.45, 2.75) is 44.7 Å². The summed E-state index contributed by atoms with van der Waals surface area (Å²) in [5, 5.41) is 5.57. The fourth-order valence-corrected chi connectivity index (χ4v) is 2.04. The first-order valence-corrected chi connectivity index (χ1v) is 5.10. The molecule has 0 radical (unpaired) electrons. The van der Waals surface area contributed by atoms with Crippen LogP contribution in [0, 0.1) is 5.92 Å². The molecule has 1 saturated carbocycles. The van der Waals surface area contributed by atoms with Gasteiger partial charge in [-0.2, -0.15) is 0 Å². The lowest BCUT2D eigenvalue weighted by atomic mass is 9.97. The summed E-state index contributed by atoms with van der Waals surface area (Å²) < 4.78 is 0. The predicted molar refractivity (Wildman–Crippen MR) is 51.5 cm³/mol. The van der Waals surface area contributed by atoms with Crippen LogP contribution < -0.4 is 10.6 Å². The van der Waals surface area contributed by atoms with Crippen molar-refractivity contribution in [2.24, 2.45) is 5.92 Å². The van der Waals surface area contributed by atoms with Crippen LogP contribution in [-0.4, -0.2) is 23.4 Å². The molecule has 1 aliphatic heterocycles. The van der Waals surface area contributed by atoms with Crippen LogP contribution in [-0.2, 0) is 9.59 Å². The first-order valence-electron chi connectivity index (χ1n) is 5.10. The Labute approximate surface area is 83.4 Å². The van der Waals surface area contributed by atoms with Crippen molar-refractivity contribution in [2.75, 3.05) is 0 Å². The maximum atomic E-state index is 11.3. The second-order valence-corrected chi connectivity index (χ2v) is 4.81. The Hall–Kier alpha value is -0.900.